The molecule has 214 valence electrons. The van der Waals surface area contributed by atoms with Gasteiger partial charge in [-0.25, -0.2) is 16.8 Å². The Balaban J connectivity index is 1.49. The lowest BCUT2D eigenvalue weighted by molar-refractivity contribution is -0.116. The number of methoxy groups -OCH3 is 2. The highest BCUT2D eigenvalue weighted by molar-refractivity contribution is 7.89. The average Bonchev–Trinajstić information content (AvgIpc) is 2.96. The van der Waals surface area contributed by atoms with Crippen LogP contribution in [0.2, 0.25) is 0 Å². The van der Waals surface area contributed by atoms with Crippen molar-refractivity contribution in [3.8, 4) is 11.5 Å². The molecule has 1 amide bonds. The van der Waals surface area contributed by atoms with Gasteiger partial charge in [-0.3, -0.25) is 4.79 Å². The summed E-state index contributed by atoms with van der Waals surface area (Å²) in [4.78, 5) is 13.1. The van der Waals surface area contributed by atoms with Crippen LogP contribution in [-0.2, 0) is 36.0 Å². The fourth-order valence-electron chi connectivity index (χ4n) is 4.71. The molecule has 39 heavy (non-hydrogen) atoms. The molecular formula is C26H35N3O8S2. The standard InChI is InChI=1S/C26H35N3O8S2/c1-35-24-9-7-21(38(31,32)28-12-4-3-5-13-28)18-20(24)6-11-26(30)27-23-19-22(8-10-25(23)36-2)39(33,34)29-14-16-37-17-15-29/h7-10,18-19H,3-6,11-17H2,1-2H3,(H,27,30). The van der Waals surface area contributed by atoms with Gasteiger partial charge in [-0.15, -0.1) is 0 Å². The summed E-state index contributed by atoms with van der Waals surface area (Å²) in [6.45, 7) is 2.14. The monoisotopic (exact) mass is 581 g/mol. The van der Waals surface area contributed by atoms with Gasteiger partial charge < -0.3 is 19.5 Å². The highest BCUT2D eigenvalue weighted by Gasteiger charge is 2.28. The van der Waals surface area contributed by atoms with Crippen molar-refractivity contribution in [1.29, 1.82) is 0 Å². The summed E-state index contributed by atoms with van der Waals surface area (Å²) < 4.78 is 71.3. The molecule has 13 heteroatoms. The van der Waals surface area contributed by atoms with Crippen molar-refractivity contribution in [3.63, 3.8) is 0 Å². The highest BCUT2D eigenvalue weighted by atomic mass is 32.2. The number of morpholine rings is 1. The van der Waals surface area contributed by atoms with Gasteiger partial charge in [-0.1, -0.05) is 6.42 Å². The number of rotatable bonds is 10. The first-order valence-electron chi connectivity index (χ1n) is 12.9. The van der Waals surface area contributed by atoms with Crippen molar-refractivity contribution in [2.75, 3.05) is 58.9 Å². The van der Waals surface area contributed by atoms with Crippen LogP contribution >= 0.6 is 0 Å². The van der Waals surface area contributed by atoms with Gasteiger partial charge in [0.2, 0.25) is 26.0 Å². The lowest BCUT2D eigenvalue weighted by Gasteiger charge is -2.26. The van der Waals surface area contributed by atoms with E-state index in [4.69, 9.17) is 14.2 Å². The summed E-state index contributed by atoms with van der Waals surface area (Å²) in [6, 6.07) is 9.02. The van der Waals surface area contributed by atoms with Crippen LogP contribution in [0.5, 0.6) is 11.5 Å². The first kappa shape index (κ1) is 29.3. The molecule has 0 saturated carbocycles. The molecule has 0 bridgehead atoms. The fourth-order valence-corrected chi connectivity index (χ4v) is 7.71. The van der Waals surface area contributed by atoms with Crippen LogP contribution in [0.3, 0.4) is 0 Å². The van der Waals surface area contributed by atoms with Gasteiger partial charge in [-0.05, 0) is 61.2 Å². The van der Waals surface area contributed by atoms with Gasteiger partial charge >= 0.3 is 0 Å². The Kier molecular flexibility index (Phi) is 9.49. The second kappa shape index (κ2) is 12.6. The molecular weight excluding hydrogens is 546 g/mol. The van der Waals surface area contributed by atoms with Crippen molar-refractivity contribution >= 4 is 31.6 Å². The minimum Gasteiger partial charge on any atom is -0.496 e. The quantitative estimate of drug-likeness (QED) is 0.453. The van der Waals surface area contributed by atoms with Crippen molar-refractivity contribution in [2.45, 2.75) is 41.9 Å². The van der Waals surface area contributed by atoms with Crippen LogP contribution in [0, 0.1) is 0 Å². The van der Waals surface area contributed by atoms with Gasteiger partial charge in [-0.2, -0.15) is 8.61 Å². The minimum absolute atomic E-state index is 0.00711. The summed E-state index contributed by atoms with van der Waals surface area (Å²) in [5.41, 5.74) is 0.812. The molecule has 2 aromatic carbocycles. The van der Waals surface area contributed by atoms with Gasteiger partial charge in [0, 0.05) is 32.6 Å². The molecule has 2 aliphatic heterocycles. The van der Waals surface area contributed by atoms with E-state index < -0.39 is 20.0 Å². The first-order chi connectivity index (χ1) is 18.7. The maximum atomic E-state index is 13.1. The molecule has 2 aliphatic rings. The Hall–Kier alpha value is -2.71. The molecule has 2 saturated heterocycles. The molecule has 0 aromatic heterocycles. The molecule has 0 spiro atoms. The normalized spacial score (nSPS) is 17.5. The molecule has 2 aromatic rings. The number of nitrogens with one attached hydrogen (secondary N) is 1. The zero-order valence-corrected chi connectivity index (χ0v) is 23.9. The third kappa shape index (κ3) is 6.72. The number of aryl methyl sites for hydroxylation is 1. The molecule has 0 radical (unpaired) electrons. The van der Waals surface area contributed by atoms with E-state index >= 15 is 0 Å². The number of hydrogen-bond donors (Lipinski definition) is 1. The van der Waals surface area contributed by atoms with Gasteiger partial charge in [0.05, 0.1) is 42.9 Å². The van der Waals surface area contributed by atoms with Crippen LogP contribution in [0.15, 0.2) is 46.2 Å². The highest BCUT2D eigenvalue weighted by Crippen LogP contribution is 2.30. The van der Waals surface area contributed by atoms with E-state index in [9.17, 15) is 21.6 Å². The van der Waals surface area contributed by atoms with Crippen LogP contribution in [0.25, 0.3) is 0 Å². The fraction of sp³-hybridized carbons (Fsp3) is 0.500. The van der Waals surface area contributed by atoms with E-state index in [-0.39, 0.29) is 47.3 Å². The maximum Gasteiger partial charge on any atom is 0.243 e. The Morgan fingerprint density at radius 3 is 2.00 bits per heavy atom. The molecule has 11 nitrogen and oxygen atoms in total. The molecule has 0 atom stereocenters. The molecule has 2 fully saturated rings. The van der Waals surface area contributed by atoms with Crippen molar-refractivity contribution in [2.24, 2.45) is 0 Å². The Bertz CT molecular complexity index is 1380. The zero-order chi connectivity index (χ0) is 28.0. The number of carbonyl (C=O) groups excluding carboxylic acids is 1. The summed E-state index contributed by atoms with van der Waals surface area (Å²) in [7, 11) is -4.49. The number of hydrogen-bond acceptors (Lipinski definition) is 8. The summed E-state index contributed by atoms with van der Waals surface area (Å²) in [5, 5.41) is 2.74. The van der Waals surface area contributed by atoms with E-state index in [2.05, 4.69) is 5.32 Å². The average molecular weight is 582 g/mol. The van der Waals surface area contributed by atoms with Gasteiger partial charge in [0.1, 0.15) is 11.5 Å². The van der Waals surface area contributed by atoms with Crippen molar-refractivity contribution in [1.82, 2.24) is 8.61 Å². The lowest BCUT2D eigenvalue weighted by atomic mass is 10.1. The third-order valence-electron chi connectivity index (χ3n) is 6.88. The summed E-state index contributed by atoms with van der Waals surface area (Å²) >= 11 is 0. The number of sulfonamides is 2. The number of amides is 1. The maximum absolute atomic E-state index is 13.1. The molecule has 1 N–H and O–H groups in total. The number of carbonyl (C=O) groups is 1. The second-order valence-corrected chi connectivity index (χ2v) is 13.2. The molecule has 0 aliphatic carbocycles. The summed E-state index contributed by atoms with van der Waals surface area (Å²) in [6.07, 6.45) is 2.91. The number of benzene rings is 2. The molecule has 0 unspecified atom stereocenters. The smallest absolute Gasteiger partial charge is 0.243 e. The first-order valence-corrected chi connectivity index (χ1v) is 15.8. The van der Waals surface area contributed by atoms with E-state index in [1.165, 1.54) is 47.1 Å². The number of piperidine rings is 1. The zero-order valence-electron chi connectivity index (χ0n) is 22.2. The van der Waals surface area contributed by atoms with Crippen molar-refractivity contribution < 1.29 is 35.8 Å². The van der Waals surface area contributed by atoms with E-state index in [0.29, 0.717) is 43.4 Å². The van der Waals surface area contributed by atoms with Crippen LogP contribution in [-0.4, -0.2) is 85.0 Å². The molecule has 2 heterocycles. The molecule has 4 rings (SSSR count). The number of ether oxygens (including phenoxy) is 3. The predicted octanol–water partition coefficient (Wildman–Crippen LogP) is 2.47. The summed E-state index contributed by atoms with van der Waals surface area (Å²) in [5.74, 6) is 0.411. The number of nitrogens with zero attached hydrogens (tertiary/aromatic N) is 2. The van der Waals surface area contributed by atoms with Crippen molar-refractivity contribution in [3.05, 3.63) is 42.0 Å². The third-order valence-corrected chi connectivity index (χ3v) is 10.7. The van der Waals surface area contributed by atoms with Crippen LogP contribution < -0.4 is 14.8 Å². The van der Waals surface area contributed by atoms with E-state index in [1.807, 2.05) is 0 Å². The number of anilines is 1. The van der Waals surface area contributed by atoms with Gasteiger partial charge in [0.15, 0.2) is 0 Å². The SMILES string of the molecule is COc1ccc(S(=O)(=O)N2CCCCC2)cc1CCC(=O)Nc1cc(S(=O)(=O)N2CCOCC2)ccc1OC. The van der Waals surface area contributed by atoms with Gasteiger partial charge in [0.25, 0.3) is 0 Å². The predicted molar refractivity (Wildman–Crippen MR) is 145 cm³/mol. The lowest BCUT2D eigenvalue weighted by Crippen LogP contribution is -2.40. The largest absolute Gasteiger partial charge is 0.496 e. The Morgan fingerprint density at radius 1 is 0.821 bits per heavy atom. The Labute approximate surface area is 230 Å². The van der Waals surface area contributed by atoms with Crippen LogP contribution in [0.4, 0.5) is 5.69 Å². The second-order valence-electron chi connectivity index (χ2n) is 9.37. The topological polar surface area (TPSA) is 132 Å². The minimum atomic E-state index is -3.77. The van der Waals surface area contributed by atoms with Crippen LogP contribution in [0.1, 0.15) is 31.2 Å². The van der Waals surface area contributed by atoms with E-state index in [1.54, 1.807) is 12.1 Å². The Morgan fingerprint density at radius 2 is 1.38 bits per heavy atom. The van der Waals surface area contributed by atoms with E-state index in [0.717, 1.165) is 19.3 Å².